The molecule has 138 valence electrons. The van der Waals surface area contributed by atoms with Gasteiger partial charge in [-0.1, -0.05) is 91.0 Å². The van der Waals surface area contributed by atoms with Crippen LogP contribution in [0.15, 0.2) is 104 Å². The van der Waals surface area contributed by atoms with Crippen LogP contribution in [-0.4, -0.2) is 15.6 Å². The summed E-state index contributed by atoms with van der Waals surface area (Å²) in [6.45, 7) is 0. The fraction of sp³-hybridized carbons (Fsp3) is 0.160. The summed E-state index contributed by atoms with van der Waals surface area (Å²) >= 11 is 0. The predicted octanol–water partition coefficient (Wildman–Crippen LogP) is 4.54. The minimum Gasteiger partial charge on any atom is -0.327 e. The van der Waals surface area contributed by atoms with Crippen LogP contribution in [0.2, 0.25) is 0 Å². The maximum Gasteiger partial charge on any atom is 0.121 e. The average molecular weight is 365 g/mol. The predicted molar refractivity (Wildman–Crippen MR) is 112 cm³/mol. The molecule has 0 amide bonds. The van der Waals surface area contributed by atoms with Gasteiger partial charge in [-0.2, -0.15) is 0 Å². The van der Waals surface area contributed by atoms with Gasteiger partial charge in [0.15, 0.2) is 0 Å². The quantitative estimate of drug-likeness (QED) is 0.528. The van der Waals surface area contributed by atoms with Gasteiger partial charge in [0.1, 0.15) is 5.54 Å². The number of nitrogens with two attached hydrogens (primary N) is 1. The van der Waals surface area contributed by atoms with Crippen LogP contribution in [0.5, 0.6) is 0 Å². The summed E-state index contributed by atoms with van der Waals surface area (Å²) in [6.07, 6.45) is 5.17. The molecule has 1 heterocycles. The molecule has 0 bridgehead atoms. The van der Waals surface area contributed by atoms with Crippen molar-refractivity contribution in [2.75, 3.05) is 0 Å². The Labute approximate surface area is 165 Å². The molecule has 2 N–H and O–H groups in total. The van der Waals surface area contributed by atoms with Crippen LogP contribution in [0.1, 0.15) is 34.7 Å². The molecule has 3 aromatic carbocycles. The zero-order valence-electron chi connectivity index (χ0n) is 15.6. The van der Waals surface area contributed by atoms with Gasteiger partial charge >= 0.3 is 0 Å². The van der Waals surface area contributed by atoms with E-state index in [2.05, 4.69) is 102 Å². The number of rotatable bonds is 5. The topological polar surface area (TPSA) is 43.8 Å². The Balaban J connectivity index is 1.81. The number of hydrogen-bond donors (Lipinski definition) is 1. The van der Waals surface area contributed by atoms with Crippen LogP contribution < -0.4 is 5.73 Å². The summed E-state index contributed by atoms with van der Waals surface area (Å²) in [6, 6.07) is 32.2. The molecule has 0 aliphatic heterocycles. The van der Waals surface area contributed by atoms with Crippen molar-refractivity contribution < 1.29 is 0 Å². The van der Waals surface area contributed by atoms with Gasteiger partial charge in [-0.15, -0.1) is 0 Å². The summed E-state index contributed by atoms with van der Waals surface area (Å²) in [5.41, 5.74) is 10.3. The molecule has 0 saturated heterocycles. The van der Waals surface area contributed by atoms with E-state index < -0.39 is 5.54 Å². The van der Waals surface area contributed by atoms with Gasteiger partial charge < -0.3 is 10.3 Å². The molecule has 2 atom stereocenters. The summed E-state index contributed by atoms with van der Waals surface area (Å²) < 4.78 is 2.26. The largest absolute Gasteiger partial charge is 0.327 e. The monoisotopic (exact) mass is 365 g/mol. The molecular weight excluding hydrogens is 342 g/mol. The van der Waals surface area contributed by atoms with E-state index in [-0.39, 0.29) is 6.04 Å². The first-order chi connectivity index (χ1) is 13.8. The first kappa shape index (κ1) is 17.0. The van der Waals surface area contributed by atoms with Crippen molar-refractivity contribution in [1.82, 2.24) is 9.55 Å². The van der Waals surface area contributed by atoms with E-state index in [0.29, 0.717) is 5.92 Å². The minimum atomic E-state index is -0.492. The molecule has 2 unspecified atom stereocenters. The lowest BCUT2D eigenvalue weighted by molar-refractivity contribution is 0.514. The molecule has 1 aliphatic rings. The standard InChI is InChI=1S/C25H23N3/c26-23-16-22(23)24-17-28(18-27-24)25(19-10-4-1-5-11-19,20-12-6-2-7-13-20)21-14-8-3-9-15-21/h1-15,17-18,22-23H,16,26H2. The van der Waals surface area contributed by atoms with Gasteiger partial charge in [-0.25, -0.2) is 4.98 Å². The second kappa shape index (κ2) is 6.77. The molecule has 1 aromatic heterocycles. The highest BCUT2D eigenvalue weighted by Gasteiger charge is 2.41. The summed E-state index contributed by atoms with van der Waals surface area (Å²) in [4.78, 5) is 4.75. The van der Waals surface area contributed by atoms with Gasteiger partial charge in [0.2, 0.25) is 0 Å². The Hall–Kier alpha value is -3.17. The summed E-state index contributed by atoms with van der Waals surface area (Å²) in [5, 5.41) is 0. The molecule has 0 spiro atoms. The van der Waals surface area contributed by atoms with Crippen molar-refractivity contribution in [2.24, 2.45) is 5.73 Å². The van der Waals surface area contributed by atoms with E-state index in [0.717, 1.165) is 12.1 Å². The molecule has 3 nitrogen and oxygen atoms in total. The van der Waals surface area contributed by atoms with Gasteiger partial charge in [0.25, 0.3) is 0 Å². The molecule has 5 rings (SSSR count). The Kier molecular flexibility index (Phi) is 4.10. The van der Waals surface area contributed by atoms with Crippen LogP contribution in [0, 0.1) is 0 Å². The third-order valence-electron chi connectivity index (χ3n) is 5.78. The molecule has 0 radical (unpaired) electrons. The Morgan fingerprint density at radius 3 is 1.57 bits per heavy atom. The van der Waals surface area contributed by atoms with Crippen molar-refractivity contribution in [2.45, 2.75) is 23.9 Å². The Morgan fingerprint density at radius 2 is 1.18 bits per heavy atom. The molecule has 1 fully saturated rings. The Bertz CT molecular complexity index is 958. The SMILES string of the molecule is NC1CC1c1cn(C(c2ccccc2)(c2ccccc2)c2ccccc2)cn1. The summed E-state index contributed by atoms with van der Waals surface area (Å²) in [7, 11) is 0. The molecule has 1 saturated carbocycles. The van der Waals surface area contributed by atoms with Crippen molar-refractivity contribution in [3.63, 3.8) is 0 Å². The van der Waals surface area contributed by atoms with E-state index >= 15 is 0 Å². The van der Waals surface area contributed by atoms with Crippen LogP contribution >= 0.6 is 0 Å². The van der Waals surface area contributed by atoms with Crippen LogP contribution in [0.4, 0.5) is 0 Å². The van der Waals surface area contributed by atoms with Gasteiger partial charge in [-0.3, -0.25) is 0 Å². The van der Waals surface area contributed by atoms with E-state index in [1.54, 1.807) is 0 Å². The second-order valence-corrected chi connectivity index (χ2v) is 7.52. The minimum absolute atomic E-state index is 0.239. The highest BCUT2D eigenvalue weighted by atomic mass is 15.1. The lowest BCUT2D eigenvalue weighted by atomic mass is 9.77. The van der Waals surface area contributed by atoms with E-state index in [9.17, 15) is 0 Å². The fourth-order valence-electron chi connectivity index (χ4n) is 4.25. The van der Waals surface area contributed by atoms with Crippen molar-refractivity contribution in [3.8, 4) is 0 Å². The number of hydrogen-bond acceptors (Lipinski definition) is 2. The molecular formula is C25H23N3. The highest BCUT2D eigenvalue weighted by molar-refractivity contribution is 5.50. The average Bonchev–Trinajstić information content (AvgIpc) is 3.29. The molecule has 3 heteroatoms. The van der Waals surface area contributed by atoms with Crippen LogP contribution in [0.25, 0.3) is 0 Å². The lowest BCUT2D eigenvalue weighted by Crippen LogP contribution is -2.36. The van der Waals surface area contributed by atoms with Crippen molar-refractivity contribution in [3.05, 3.63) is 126 Å². The lowest BCUT2D eigenvalue weighted by Gasteiger charge is -2.37. The van der Waals surface area contributed by atoms with Crippen molar-refractivity contribution >= 4 is 0 Å². The maximum absolute atomic E-state index is 6.10. The molecule has 1 aliphatic carbocycles. The normalized spacial score (nSPS) is 18.8. The first-order valence-corrected chi connectivity index (χ1v) is 9.76. The third-order valence-corrected chi connectivity index (χ3v) is 5.78. The summed E-state index contributed by atoms with van der Waals surface area (Å²) in [5.74, 6) is 0.376. The van der Waals surface area contributed by atoms with Crippen LogP contribution in [0.3, 0.4) is 0 Å². The smallest absolute Gasteiger partial charge is 0.121 e. The molecule has 4 aromatic rings. The number of benzene rings is 3. The van der Waals surface area contributed by atoms with Gasteiger partial charge in [-0.05, 0) is 23.1 Å². The van der Waals surface area contributed by atoms with E-state index in [1.165, 1.54) is 16.7 Å². The highest BCUT2D eigenvalue weighted by Crippen LogP contribution is 2.43. The number of nitrogens with zero attached hydrogens (tertiary/aromatic N) is 2. The zero-order valence-corrected chi connectivity index (χ0v) is 15.6. The second-order valence-electron chi connectivity index (χ2n) is 7.52. The van der Waals surface area contributed by atoms with Gasteiger partial charge in [0, 0.05) is 18.2 Å². The Morgan fingerprint density at radius 1 is 0.750 bits per heavy atom. The molecule has 28 heavy (non-hydrogen) atoms. The zero-order chi connectivity index (χ0) is 19.0. The third kappa shape index (κ3) is 2.67. The maximum atomic E-state index is 6.10. The number of imidazole rings is 1. The van der Waals surface area contributed by atoms with E-state index in [1.807, 2.05) is 6.33 Å². The van der Waals surface area contributed by atoms with Gasteiger partial charge in [0.05, 0.1) is 12.0 Å². The fourth-order valence-corrected chi connectivity index (χ4v) is 4.25. The van der Waals surface area contributed by atoms with Crippen molar-refractivity contribution in [1.29, 1.82) is 0 Å². The van der Waals surface area contributed by atoms with E-state index in [4.69, 9.17) is 10.7 Å². The number of aromatic nitrogens is 2. The first-order valence-electron chi connectivity index (χ1n) is 9.76. The van der Waals surface area contributed by atoms with Crippen LogP contribution in [-0.2, 0) is 5.54 Å².